The molecule has 112 valence electrons. The quantitative estimate of drug-likeness (QED) is 0.917. The third kappa shape index (κ3) is 3.07. The van der Waals surface area contributed by atoms with Gasteiger partial charge in [0.1, 0.15) is 0 Å². The molecule has 4 nitrogen and oxygen atoms in total. The molecule has 0 bridgehead atoms. The van der Waals surface area contributed by atoms with Crippen LogP contribution in [0.3, 0.4) is 0 Å². The molecule has 1 aliphatic heterocycles. The molecular weight excluding hydrogens is 280 g/mol. The van der Waals surface area contributed by atoms with Crippen molar-refractivity contribution in [2.45, 2.75) is 50.7 Å². The second kappa shape index (κ2) is 6.52. The monoisotopic (exact) mass is 302 g/mol. The van der Waals surface area contributed by atoms with Gasteiger partial charge in [-0.25, -0.2) is 4.68 Å². The van der Waals surface area contributed by atoms with Gasteiger partial charge in [-0.3, -0.25) is 0 Å². The number of benzene rings is 1. The van der Waals surface area contributed by atoms with E-state index in [1.54, 1.807) is 11.8 Å². The van der Waals surface area contributed by atoms with Gasteiger partial charge in [-0.15, -0.1) is 10.2 Å². The van der Waals surface area contributed by atoms with Crippen LogP contribution in [0.2, 0.25) is 0 Å². The SMILES string of the molecule is CCCCc1nnc2n1NC(c1ccc(CC)cc1)CS2. The number of nitrogens with one attached hydrogen (secondary N) is 1. The lowest BCUT2D eigenvalue weighted by atomic mass is 10.1. The Morgan fingerprint density at radius 3 is 2.76 bits per heavy atom. The summed E-state index contributed by atoms with van der Waals surface area (Å²) >= 11 is 1.78. The summed E-state index contributed by atoms with van der Waals surface area (Å²) < 4.78 is 2.09. The second-order valence-corrected chi connectivity index (χ2v) is 6.41. The van der Waals surface area contributed by atoms with Gasteiger partial charge in [0.15, 0.2) is 5.82 Å². The van der Waals surface area contributed by atoms with Gasteiger partial charge in [0, 0.05) is 12.2 Å². The summed E-state index contributed by atoms with van der Waals surface area (Å²) in [5.41, 5.74) is 6.30. The number of thioether (sulfide) groups is 1. The number of fused-ring (bicyclic) bond motifs is 1. The Hall–Kier alpha value is -1.49. The fourth-order valence-corrected chi connectivity index (χ4v) is 3.50. The highest BCUT2D eigenvalue weighted by Crippen LogP contribution is 2.30. The van der Waals surface area contributed by atoms with Crippen molar-refractivity contribution in [3.63, 3.8) is 0 Å². The molecule has 0 aliphatic carbocycles. The van der Waals surface area contributed by atoms with Crippen LogP contribution >= 0.6 is 11.8 Å². The normalized spacial score (nSPS) is 17.3. The molecule has 2 aromatic rings. The minimum Gasteiger partial charge on any atom is -0.314 e. The smallest absolute Gasteiger partial charge is 0.210 e. The average molecular weight is 302 g/mol. The molecule has 21 heavy (non-hydrogen) atoms. The molecule has 0 spiro atoms. The first-order valence-corrected chi connectivity index (χ1v) is 8.72. The minimum absolute atomic E-state index is 0.324. The van der Waals surface area contributed by atoms with Crippen LogP contribution in [0, 0.1) is 0 Å². The fourth-order valence-electron chi connectivity index (χ4n) is 2.53. The number of hydrogen-bond acceptors (Lipinski definition) is 4. The van der Waals surface area contributed by atoms with Gasteiger partial charge in [0.25, 0.3) is 0 Å². The van der Waals surface area contributed by atoms with E-state index < -0.39 is 0 Å². The molecule has 1 atom stereocenters. The molecule has 0 amide bonds. The predicted molar refractivity (Wildman–Crippen MR) is 87.3 cm³/mol. The molecule has 1 aliphatic rings. The van der Waals surface area contributed by atoms with Crippen molar-refractivity contribution in [1.82, 2.24) is 14.9 Å². The van der Waals surface area contributed by atoms with Crippen LogP contribution in [-0.2, 0) is 12.8 Å². The molecular formula is C16H22N4S. The number of nitrogens with zero attached hydrogens (tertiary/aromatic N) is 3. The number of hydrogen-bond donors (Lipinski definition) is 1. The molecule has 0 saturated carbocycles. The summed E-state index contributed by atoms with van der Waals surface area (Å²) in [5.74, 6) is 2.05. The van der Waals surface area contributed by atoms with Crippen LogP contribution in [0.15, 0.2) is 29.4 Å². The van der Waals surface area contributed by atoms with Crippen LogP contribution in [0.1, 0.15) is 49.7 Å². The Morgan fingerprint density at radius 2 is 2.05 bits per heavy atom. The molecule has 5 heteroatoms. The van der Waals surface area contributed by atoms with E-state index in [0.29, 0.717) is 6.04 Å². The number of rotatable bonds is 5. The topological polar surface area (TPSA) is 42.7 Å². The molecule has 1 N–H and O–H groups in total. The van der Waals surface area contributed by atoms with Gasteiger partial charge in [-0.05, 0) is 24.0 Å². The molecule has 1 aromatic carbocycles. The molecule has 3 rings (SSSR count). The van der Waals surface area contributed by atoms with E-state index in [-0.39, 0.29) is 0 Å². The molecule has 2 heterocycles. The Kier molecular flexibility index (Phi) is 4.48. The Bertz CT molecular complexity index is 591. The van der Waals surface area contributed by atoms with Crippen LogP contribution in [0.25, 0.3) is 0 Å². The molecule has 1 unspecified atom stereocenters. The van der Waals surface area contributed by atoms with Crippen LogP contribution in [0.5, 0.6) is 0 Å². The maximum absolute atomic E-state index is 4.32. The maximum Gasteiger partial charge on any atom is 0.210 e. The Labute approximate surface area is 130 Å². The second-order valence-electron chi connectivity index (χ2n) is 5.43. The minimum atomic E-state index is 0.324. The summed E-state index contributed by atoms with van der Waals surface area (Å²) in [7, 11) is 0. The summed E-state index contributed by atoms with van der Waals surface area (Å²) in [6, 6.07) is 9.24. The van der Waals surface area contributed by atoms with E-state index in [9.17, 15) is 0 Å². The zero-order valence-corrected chi connectivity index (χ0v) is 13.5. The third-order valence-corrected chi connectivity index (χ3v) is 4.93. The number of aryl methyl sites for hydroxylation is 2. The fraction of sp³-hybridized carbons (Fsp3) is 0.500. The zero-order chi connectivity index (χ0) is 14.7. The van der Waals surface area contributed by atoms with Gasteiger partial charge in [-0.2, -0.15) is 0 Å². The Balaban J connectivity index is 1.77. The highest BCUT2D eigenvalue weighted by molar-refractivity contribution is 7.99. The van der Waals surface area contributed by atoms with Crippen molar-refractivity contribution >= 4 is 11.8 Å². The van der Waals surface area contributed by atoms with E-state index >= 15 is 0 Å². The van der Waals surface area contributed by atoms with Gasteiger partial charge < -0.3 is 5.43 Å². The molecule has 0 radical (unpaired) electrons. The number of unbranched alkanes of at least 4 members (excludes halogenated alkanes) is 1. The highest BCUT2D eigenvalue weighted by atomic mass is 32.2. The Morgan fingerprint density at radius 1 is 1.24 bits per heavy atom. The summed E-state index contributed by atoms with van der Waals surface area (Å²) in [6.45, 7) is 4.39. The van der Waals surface area contributed by atoms with Crippen molar-refractivity contribution in [3.05, 3.63) is 41.2 Å². The first-order chi connectivity index (χ1) is 10.3. The molecule has 1 aromatic heterocycles. The average Bonchev–Trinajstić information content (AvgIpc) is 2.95. The summed E-state index contributed by atoms with van der Waals surface area (Å²) in [5, 5.41) is 9.59. The number of aromatic nitrogens is 3. The first-order valence-electron chi connectivity index (χ1n) is 7.74. The van der Waals surface area contributed by atoms with Crippen LogP contribution in [-0.4, -0.2) is 20.6 Å². The zero-order valence-electron chi connectivity index (χ0n) is 12.7. The van der Waals surface area contributed by atoms with E-state index in [0.717, 1.165) is 36.0 Å². The standard InChI is InChI=1S/C16H22N4S/c1-3-5-6-15-17-18-16-20(15)19-14(11-21-16)13-9-7-12(4-2)8-10-13/h7-10,14,19H,3-6,11H2,1-2H3. The maximum atomic E-state index is 4.32. The van der Waals surface area contributed by atoms with E-state index in [2.05, 4.69) is 58.4 Å². The van der Waals surface area contributed by atoms with Gasteiger partial charge in [0.05, 0.1) is 6.04 Å². The van der Waals surface area contributed by atoms with Crippen molar-refractivity contribution in [1.29, 1.82) is 0 Å². The first kappa shape index (κ1) is 14.4. The van der Waals surface area contributed by atoms with Crippen molar-refractivity contribution in [3.8, 4) is 0 Å². The van der Waals surface area contributed by atoms with Gasteiger partial charge >= 0.3 is 0 Å². The van der Waals surface area contributed by atoms with Gasteiger partial charge in [-0.1, -0.05) is 56.3 Å². The van der Waals surface area contributed by atoms with E-state index in [1.807, 2.05) is 0 Å². The van der Waals surface area contributed by atoms with Crippen molar-refractivity contribution < 1.29 is 0 Å². The third-order valence-electron chi connectivity index (χ3n) is 3.91. The molecule has 0 fully saturated rings. The molecule has 0 saturated heterocycles. The van der Waals surface area contributed by atoms with E-state index in [4.69, 9.17) is 0 Å². The lowest BCUT2D eigenvalue weighted by molar-refractivity contribution is 0.619. The van der Waals surface area contributed by atoms with Crippen molar-refractivity contribution in [2.24, 2.45) is 0 Å². The summed E-state index contributed by atoms with van der Waals surface area (Å²) in [4.78, 5) is 0. The lowest BCUT2D eigenvalue weighted by Crippen LogP contribution is -2.29. The highest BCUT2D eigenvalue weighted by Gasteiger charge is 2.23. The largest absolute Gasteiger partial charge is 0.314 e. The van der Waals surface area contributed by atoms with Crippen LogP contribution < -0.4 is 5.43 Å². The van der Waals surface area contributed by atoms with E-state index in [1.165, 1.54) is 17.5 Å². The summed E-state index contributed by atoms with van der Waals surface area (Å²) in [6.07, 6.45) is 4.40. The lowest BCUT2D eigenvalue weighted by Gasteiger charge is -2.26. The van der Waals surface area contributed by atoms with Crippen molar-refractivity contribution in [2.75, 3.05) is 11.2 Å². The predicted octanol–water partition coefficient (Wildman–Crippen LogP) is 3.57. The van der Waals surface area contributed by atoms with Crippen LogP contribution in [0.4, 0.5) is 0 Å². The van der Waals surface area contributed by atoms with Gasteiger partial charge in [0.2, 0.25) is 5.16 Å².